The maximum Gasteiger partial charge on any atom is 0.231 e. The van der Waals surface area contributed by atoms with E-state index in [-0.39, 0.29) is 11.5 Å². The lowest BCUT2D eigenvalue weighted by Crippen LogP contribution is -1.98. The van der Waals surface area contributed by atoms with Gasteiger partial charge >= 0.3 is 0 Å². The minimum Gasteiger partial charge on any atom is -0.489 e. The number of carbonyl (C=O) groups excluding carboxylic acids is 1. The van der Waals surface area contributed by atoms with Crippen LogP contribution in [0.2, 0.25) is 10.0 Å². The highest BCUT2D eigenvalue weighted by atomic mass is 35.5. The van der Waals surface area contributed by atoms with E-state index in [1.54, 1.807) is 42.5 Å². The molecule has 2 aromatic carbocycles. The smallest absolute Gasteiger partial charge is 0.231 e. The molecule has 3 rings (SSSR count). The number of benzene rings is 2. The second-order valence-corrected chi connectivity index (χ2v) is 6.33. The van der Waals surface area contributed by atoms with Gasteiger partial charge in [0.2, 0.25) is 5.78 Å². The van der Waals surface area contributed by atoms with Crippen molar-refractivity contribution >= 4 is 35.1 Å². The Balaban J connectivity index is 1.85. The number of Topliss-reactive ketones (excluding diaryl/α,β-unsaturated/α-hetero) is 1. The molecule has 1 heterocycles. The molecule has 0 spiro atoms. The number of rotatable bonds is 4. The van der Waals surface area contributed by atoms with E-state index in [0.29, 0.717) is 33.7 Å². The zero-order chi connectivity index (χ0) is 17.3. The van der Waals surface area contributed by atoms with Crippen LogP contribution in [-0.2, 0) is 0 Å². The molecule has 1 aliphatic heterocycles. The molecule has 122 valence electrons. The Morgan fingerprint density at radius 1 is 1.21 bits per heavy atom. The molecular weight excluding hydrogens is 347 g/mol. The second kappa shape index (κ2) is 6.71. The van der Waals surface area contributed by atoms with E-state index >= 15 is 0 Å². The Morgan fingerprint density at radius 2 is 2.00 bits per heavy atom. The summed E-state index contributed by atoms with van der Waals surface area (Å²) in [4.78, 5) is 12.4. The zero-order valence-corrected chi connectivity index (χ0v) is 14.4. The third-order valence-electron chi connectivity index (χ3n) is 3.37. The summed E-state index contributed by atoms with van der Waals surface area (Å²) in [6, 6.07) is 10.3. The number of allylic oxidation sites excluding steroid dienone is 1. The van der Waals surface area contributed by atoms with Crippen molar-refractivity contribution in [3.63, 3.8) is 0 Å². The van der Waals surface area contributed by atoms with Gasteiger partial charge < -0.3 is 9.47 Å². The fraction of sp³-hybridized carbons (Fsp3) is 0.105. The van der Waals surface area contributed by atoms with E-state index < -0.39 is 0 Å². The van der Waals surface area contributed by atoms with Gasteiger partial charge in [-0.2, -0.15) is 0 Å². The highest BCUT2D eigenvalue weighted by Gasteiger charge is 2.27. The third kappa shape index (κ3) is 3.48. The van der Waals surface area contributed by atoms with Crippen molar-refractivity contribution in [2.75, 3.05) is 6.61 Å². The van der Waals surface area contributed by atoms with Crippen LogP contribution in [0.1, 0.15) is 22.8 Å². The minimum atomic E-state index is -0.178. The lowest BCUT2D eigenvalue weighted by Gasteiger charge is -2.06. The normalized spacial score (nSPS) is 14.5. The van der Waals surface area contributed by atoms with Crippen LogP contribution in [0.15, 0.2) is 54.3 Å². The van der Waals surface area contributed by atoms with Crippen LogP contribution in [0.3, 0.4) is 0 Å². The van der Waals surface area contributed by atoms with E-state index in [1.807, 2.05) is 6.92 Å². The molecule has 5 heteroatoms. The Hall–Kier alpha value is -2.23. The van der Waals surface area contributed by atoms with Crippen LogP contribution in [0.4, 0.5) is 0 Å². The molecular formula is C19H14Cl2O3. The standard InChI is InChI=1S/C19H14Cl2O3/c1-11(2)10-23-13-4-5-14-17(9-13)24-18(19(14)22)8-12-3-6-15(20)16(21)7-12/h3-9H,1,10H2,2H3/b18-8+. The van der Waals surface area contributed by atoms with Crippen molar-refractivity contribution in [3.8, 4) is 11.5 Å². The van der Waals surface area contributed by atoms with Crippen LogP contribution >= 0.6 is 23.2 Å². The summed E-state index contributed by atoms with van der Waals surface area (Å²) in [6.45, 7) is 6.08. The highest BCUT2D eigenvalue weighted by Crippen LogP contribution is 2.35. The van der Waals surface area contributed by atoms with Gasteiger partial charge in [-0.05, 0) is 48.4 Å². The van der Waals surface area contributed by atoms with Gasteiger partial charge in [0.25, 0.3) is 0 Å². The largest absolute Gasteiger partial charge is 0.489 e. The molecule has 0 atom stereocenters. The summed E-state index contributed by atoms with van der Waals surface area (Å²) in [7, 11) is 0. The molecule has 3 nitrogen and oxygen atoms in total. The molecule has 24 heavy (non-hydrogen) atoms. The van der Waals surface area contributed by atoms with Gasteiger partial charge in [-0.1, -0.05) is 35.8 Å². The van der Waals surface area contributed by atoms with Crippen molar-refractivity contribution < 1.29 is 14.3 Å². The maximum atomic E-state index is 12.4. The Bertz CT molecular complexity index is 869. The first-order chi connectivity index (χ1) is 11.4. The van der Waals surface area contributed by atoms with E-state index in [2.05, 4.69) is 6.58 Å². The molecule has 0 radical (unpaired) electrons. The number of fused-ring (bicyclic) bond motifs is 1. The molecule has 0 aromatic heterocycles. The topological polar surface area (TPSA) is 35.5 Å². The summed E-state index contributed by atoms with van der Waals surface area (Å²) in [6.07, 6.45) is 1.64. The molecule has 1 aliphatic rings. The number of ketones is 1. The lowest BCUT2D eigenvalue weighted by atomic mass is 10.1. The molecule has 0 amide bonds. The van der Waals surface area contributed by atoms with Crippen LogP contribution in [0.5, 0.6) is 11.5 Å². The van der Waals surface area contributed by atoms with Gasteiger partial charge in [-0.25, -0.2) is 0 Å². The average Bonchev–Trinajstić information content (AvgIpc) is 2.84. The van der Waals surface area contributed by atoms with Gasteiger partial charge in [-0.3, -0.25) is 4.79 Å². The first-order valence-electron chi connectivity index (χ1n) is 7.24. The molecule has 0 bridgehead atoms. The van der Waals surface area contributed by atoms with E-state index in [4.69, 9.17) is 32.7 Å². The first-order valence-corrected chi connectivity index (χ1v) is 8.00. The molecule has 0 fully saturated rings. The van der Waals surface area contributed by atoms with Crippen LogP contribution in [0, 0.1) is 0 Å². The van der Waals surface area contributed by atoms with Crippen molar-refractivity contribution in [3.05, 3.63) is 75.5 Å². The highest BCUT2D eigenvalue weighted by molar-refractivity contribution is 6.42. The quantitative estimate of drug-likeness (QED) is 0.528. The number of carbonyl (C=O) groups is 1. The number of halogens is 2. The summed E-state index contributed by atoms with van der Waals surface area (Å²) < 4.78 is 11.2. The fourth-order valence-corrected chi connectivity index (χ4v) is 2.52. The van der Waals surface area contributed by atoms with Gasteiger partial charge in [0.1, 0.15) is 18.1 Å². The Kier molecular flexibility index (Phi) is 4.65. The second-order valence-electron chi connectivity index (χ2n) is 5.52. The van der Waals surface area contributed by atoms with E-state index in [0.717, 1.165) is 11.1 Å². The Labute approximate surface area is 150 Å². The van der Waals surface area contributed by atoms with Crippen molar-refractivity contribution in [2.45, 2.75) is 6.92 Å². The molecule has 2 aromatic rings. The lowest BCUT2D eigenvalue weighted by molar-refractivity contribution is 0.101. The maximum absolute atomic E-state index is 12.4. The molecule has 0 N–H and O–H groups in total. The molecule has 0 unspecified atom stereocenters. The van der Waals surface area contributed by atoms with Gasteiger partial charge in [-0.15, -0.1) is 0 Å². The van der Waals surface area contributed by atoms with Gasteiger partial charge in [0, 0.05) is 6.07 Å². The van der Waals surface area contributed by atoms with E-state index in [9.17, 15) is 4.79 Å². The molecule has 0 saturated carbocycles. The number of ether oxygens (including phenoxy) is 2. The summed E-state index contributed by atoms with van der Waals surface area (Å²) >= 11 is 11.9. The summed E-state index contributed by atoms with van der Waals surface area (Å²) in [5.74, 6) is 1.16. The SMILES string of the molecule is C=C(C)COc1ccc2c(c1)O/C(=C/c1ccc(Cl)c(Cl)c1)C2=O. The first kappa shape index (κ1) is 16.6. The summed E-state index contributed by atoms with van der Waals surface area (Å²) in [5.41, 5.74) is 2.15. The third-order valence-corrected chi connectivity index (χ3v) is 4.11. The van der Waals surface area contributed by atoms with Crippen molar-refractivity contribution in [1.82, 2.24) is 0 Å². The minimum absolute atomic E-state index is 0.178. The van der Waals surface area contributed by atoms with Crippen molar-refractivity contribution in [2.24, 2.45) is 0 Å². The van der Waals surface area contributed by atoms with E-state index in [1.165, 1.54) is 0 Å². The summed E-state index contributed by atoms with van der Waals surface area (Å²) in [5, 5.41) is 0.879. The average molecular weight is 361 g/mol. The molecule has 0 aliphatic carbocycles. The predicted molar refractivity (Wildman–Crippen MR) is 96.1 cm³/mol. The fourth-order valence-electron chi connectivity index (χ4n) is 2.22. The zero-order valence-electron chi connectivity index (χ0n) is 12.9. The Morgan fingerprint density at radius 3 is 2.71 bits per heavy atom. The number of hydrogen-bond donors (Lipinski definition) is 0. The monoisotopic (exact) mass is 360 g/mol. The van der Waals surface area contributed by atoms with Crippen molar-refractivity contribution in [1.29, 1.82) is 0 Å². The van der Waals surface area contributed by atoms with Crippen LogP contribution in [0.25, 0.3) is 6.08 Å². The van der Waals surface area contributed by atoms with Crippen LogP contribution < -0.4 is 9.47 Å². The molecule has 0 saturated heterocycles. The predicted octanol–water partition coefficient (Wildman–Crippen LogP) is 5.56. The van der Waals surface area contributed by atoms with Gasteiger partial charge in [0.15, 0.2) is 5.76 Å². The number of hydrogen-bond acceptors (Lipinski definition) is 3. The van der Waals surface area contributed by atoms with Gasteiger partial charge in [0.05, 0.1) is 15.6 Å². The van der Waals surface area contributed by atoms with Crippen LogP contribution in [-0.4, -0.2) is 12.4 Å².